The zero-order valence-electron chi connectivity index (χ0n) is 15.7. The lowest BCUT2D eigenvalue weighted by Gasteiger charge is -2.18. The van der Waals surface area contributed by atoms with Crippen molar-refractivity contribution in [2.24, 2.45) is 10.3 Å². The van der Waals surface area contributed by atoms with Crippen molar-refractivity contribution < 1.29 is 18.0 Å². The molecule has 0 saturated carbocycles. The quantitative estimate of drug-likeness (QED) is 0.447. The molecule has 8 heteroatoms. The smallest absolute Gasteiger partial charge is 0.267 e. The second-order valence-corrected chi connectivity index (χ2v) is 7.19. The first kappa shape index (κ1) is 21.3. The van der Waals surface area contributed by atoms with Gasteiger partial charge in [-0.15, -0.1) is 0 Å². The molecule has 1 N–H and O–H groups in total. The third-order valence-electron chi connectivity index (χ3n) is 4.04. The zero-order valence-corrected chi connectivity index (χ0v) is 15.7. The van der Waals surface area contributed by atoms with Crippen LogP contribution in [0.2, 0.25) is 0 Å². The highest BCUT2D eigenvalue weighted by atomic mass is 19.4. The van der Waals surface area contributed by atoms with Crippen LogP contribution in [0.25, 0.3) is 0 Å². The summed E-state index contributed by atoms with van der Waals surface area (Å²) < 4.78 is 38.6. The second kappa shape index (κ2) is 8.33. The molecular weight excluding hydrogens is 371 g/mol. The predicted octanol–water partition coefficient (Wildman–Crippen LogP) is 4.90. The number of nitrogens with one attached hydrogen (secondary N) is 1. The van der Waals surface area contributed by atoms with Gasteiger partial charge in [0.15, 0.2) is 0 Å². The number of rotatable bonds is 5. The standard InChI is InChI=1S/C20H20F3N3O2/c1-19(2,3)15-9-7-13(8-10-15)18(27)26-25-17(12-24-28)14-5-4-6-16(11-14)20(21,22)23/h4-11H,12H2,1-3H3,(H,26,27). The van der Waals surface area contributed by atoms with Crippen molar-refractivity contribution in [3.05, 3.63) is 75.7 Å². The Labute approximate surface area is 160 Å². The molecule has 0 aliphatic rings. The minimum absolute atomic E-state index is 0.0535. The molecule has 0 radical (unpaired) electrons. The number of halogens is 3. The number of nitroso groups, excluding NO2 is 1. The van der Waals surface area contributed by atoms with Crippen molar-refractivity contribution in [3.8, 4) is 0 Å². The van der Waals surface area contributed by atoms with Crippen LogP contribution in [0.4, 0.5) is 13.2 Å². The van der Waals surface area contributed by atoms with Crippen molar-refractivity contribution in [2.45, 2.75) is 32.4 Å². The van der Waals surface area contributed by atoms with Crippen LogP contribution in [0.1, 0.15) is 47.8 Å². The molecule has 0 bridgehead atoms. The lowest BCUT2D eigenvalue weighted by Crippen LogP contribution is -2.22. The molecule has 148 valence electrons. The minimum atomic E-state index is -4.53. The van der Waals surface area contributed by atoms with E-state index in [-0.39, 0.29) is 16.7 Å². The average Bonchev–Trinajstić information content (AvgIpc) is 2.63. The van der Waals surface area contributed by atoms with Gasteiger partial charge in [0.1, 0.15) is 6.54 Å². The Balaban J connectivity index is 2.23. The minimum Gasteiger partial charge on any atom is -0.267 e. The Morgan fingerprint density at radius 2 is 1.61 bits per heavy atom. The Morgan fingerprint density at radius 1 is 0.964 bits per heavy atom. The molecule has 0 atom stereocenters. The van der Waals surface area contributed by atoms with Crippen molar-refractivity contribution in [3.63, 3.8) is 0 Å². The maximum atomic E-state index is 12.9. The lowest BCUT2D eigenvalue weighted by atomic mass is 9.87. The summed E-state index contributed by atoms with van der Waals surface area (Å²) in [6.45, 7) is 5.64. The SMILES string of the molecule is CC(C)(C)c1ccc(C(=O)NN=C(CN=O)c2cccc(C(F)(F)F)c2)cc1. The molecule has 1 amide bonds. The Morgan fingerprint density at radius 3 is 2.14 bits per heavy atom. The van der Waals surface area contributed by atoms with Crippen LogP contribution in [0.3, 0.4) is 0 Å². The fourth-order valence-electron chi connectivity index (χ4n) is 2.43. The first-order valence-electron chi connectivity index (χ1n) is 8.46. The highest BCUT2D eigenvalue weighted by Crippen LogP contribution is 2.29. The largest absolute Gasteiger partial charge is 0.416 e. The van der Waals surface area contributed by atoms with E-state index in [0.29, 0.717) is 5.56 Å². The van der Waals surface area contributed by atoms with Crippen LogP contribution in [-0.4, -0.2) is 18.2 Å². The predicted molar refractivity (Wildman–Crippen MR) is 101 cm³/mol. The van der Waals surface area contributed by atoms with E-state index in [2.05, 4.69) is 15.7 Å². The summed E-state index contributed by atoms with van der Waals surface area (Å²) in [4.78, 5) is 22.9. The van der Waals surface area contributed by atoms with E-state index >= 15 is 0 Å². The Hall–Kier alpha value is -3.03. The van der Waals surface area contributed by atoms with Gasteiger partial charge in [-0.3, -0.25) is 4.79 Å². The van der Waals surface area contributed by atoms with Crippen LogP contribution in [0.15, 0.2) is 58.8 Å². The van der Waals surface area contributed by atoms with Gasteiger partial charge < -0.3 is 0 Å². The van der Waals surface area contributed by atoms with Gasteiger partial charge in [0.25, 0.3) is 5.91 Å². The maximum absolute atomic E-state index is 12.9. The summed E-state index contributed by atoms with van der Waals surface area (Å²) in [5, 5.41) is 6.49. The van der Waals surface area contributed by atoms with E-state index in [4.69, 9.17) is 0 Å². The number of benzene rings is 2. The molecule has 28 heavy (non-hydrogen) atoms. The van der Waals surface area contributed by atoms with Gasteiger partial charge in [-0.2, -0.15) is 23.2 Å². The third kappa shape index (κ3) is 5.48. The zero-order chi connectivity index (χ0) is 20.9. The van der Waals surface area contributed by atoms with Gasteiger partial charge in [-0.25, -0.2) is 5.43 Å². The molecule has 0 aromatic heterocycles. The number of hydrogen-bond donors (Lipinski definition) is 1. The number of alkyl halides is 3. The average molecular weight is 391 g/mol. The van der Waals surface area contributed by atoms with E-state index in [9.17, 15) is 22.9 Å². The fraction of sp³-hybridized carbons (Fsp3) is 0.300. The lowest BCUT2D eigenvalue weighted by molar-refractivity contribution is -0.137. The van der Waals surface area contributed by atoms with Gasteiger partial charge in [-0.05, 0) is 35.2 Å². The number of amides is 1. The van der Waals surface area contributed by atoms with Crippen molar-refractivity contribution in [2.75, 3.05) is 6.54 Å². The molecule has 2 rings (SSSR count). The maximum Gasteiger partial charge on any atom is 0.416 e. The molecular formula is C20H20F3N3O2. The van der Waals surface area contributed by atoms with Crippen molar-refractivity contribution in [1.82, 2.24) is 5.43 Å². The van der Waals surface area contributed by atoms with Crippen LogP contribution >= 0.6 is 0 Å². The number of hydrazone groups is 1. The highest BCUT2D eigenvalue weighted by Gasteiger charge is 2.30. The molecule has 0 unspecified atom stereocenters. The third-order valence-corrected chi connectivity index (χ3v) is 4.04. The van der Waals surface area contributed by atoms with E-state index < -0.39 is 24.2 Å². The second-order valence-electron chi connectivity index (χ2n) is 7.19. The topological polar surface area (TPSA) is 70.9 Å². The Kier molecular flexibility index (Phi) is 6.33. The highest BCUT2D eigenvalue weighted by molar-refractivity contribution is 6.03. The van der Waals surface area contributed by atoms with Crippen LogP contribution in [0, 0.1) is 4.91 Å². The van der Waals surface area contributed by atoms with E-state index in [1.807, 2.05) is 32.9 Å². The summed E-state index contributed by atoms with van der Waals surface area (Å²) in [5.41, 5.74) is 2.68. The number of carbonyl (C=O) groups excluding carboxylic acids is 1. The van der Waals surface area contributed by atoms with E-state index in [1.54, 1.807) is 12.1 Å². The molecule has 0 heterocycles. The number of hydrogen-bond acceptors (Lipinski definition) is 4. The summed E-state index contributed by atoms with van der Waals surface area (Å²) in [6.07, 6.45) is -4.53. The fourth-order valence-corrected chi connectivity index (χ4v) is 2.43. The molecule has 2 aromatic rings. The van der Waals surface area contributed by atoms with Gasteiger partial charge in [-0.1, -0.05) is 50.2 Å². The number of carbonyl (C=O) groups is 1. The van der Waals surface area contributed by atoms with E-state index in [0.717, 1.165) is 17.7 Å². The molecule has 0 fully saturated rings. The molecule has 0 aliphatic heterocycles. The molecule has 0 saturated heterocycles. The molecule has 2 aromatic carbocycles. The summed E-state index contributed by atoms with van der Waals surface area (Å²) in [5.74, 6) is -0.546. The van der Waals surface area contributed by atoms with Gasteiger partial charge >= 0.3 is 6.18 Å². The number of nitrogens with zero attached hydrogens (tertiary/aromatic N) is 2. The normalized spacial score (nSPS) is 12.6. The summed E-state index contributed by atoms with van der Waals surface area (Å²) in [7, 11) is 0. The summed E-state index contributed by atoms with van der Waals surface area (Å²) >= 11 is 0. The monoisotopic (exact) mass is 391 g/mol. The first-order valence-corrected chi connectivity index (χ1v) is 8.46. The van der Waals surface area contributed by atoms with Crippen LogP contribution in [-0.2, 0) is 11.6 Å². The van der Waals surface area contributed by atoms with Crippen LogP contribution < -0.4 is 5.43 Å². The molecule has 0 spiro atoms. The first-order chi connectivity index (χ1) is 13.0. The molecule has 5 nitrogen and oxygen atoms in total. The van der Waals surface area contributed by atoms with Crippen LogP contribution in [0.5, 0.6) is 0 Å². The van der Waals surface area contributed by atoms with Gasteiger partial charge in [0.05, 0.1) is 11.3 Å². The Bertz CT molecular complexity index is 883. The van der Waals surface area contributed by atoms with Gasteiger partial charge in [0.2, 0.25) is 0 Å². The molecule has 0 aliphatic carbocycles. The summed E-state index contributed by atoms with van der Waals surface area (Å²) in [6, 6.07) is 11.2. The van der Waals surface area contributed by atoms with Crippen molar-refractivity contribution >= 4 is 11.6 Å². The van der Waals surface area contributed by atoms with Gasteiger partial charge in [0, 0.05) is 11.1 Å². The van der Waals surface area contributed by atoms with E-state index in [1.165, 1.54) is 12.1 Å². The van der Waals surface area contributed by atoms with Crippen molar-refractivity contribution in [1.29, 1.82) is 0 Å².